The molecule has 4 amide bonds. The molecule has 3 aromatic heterocycles. The minimum absolute atomic E-state index is 0.118. The lowest BCUT2D eigenvalue weighted by atomic mass is 9.89. The standard InChI is InChI=1S/C44H46N10O6/c1-4-17-53(42(56)40(52-44(58)60-3)35-22-45-15-16-46-35)25-37-47-23-34(49-37)31-10-9-27-19-26(7-8-28(27)21-31)29-11-13-32-30(20-29)12-14-33-39(32)51-41(50-33)36-6-5-18-54(36)38(55)24-48-43(57)59-2/h7-11,13,15-16,19-23,36,40H,4-6,12,14,17-18,24-25H2,1-3H3,(H,47,49)(H,48,57)(H,50,51)(H,52,58)/t36-,40?/m0/s1. The summed E-state index contributed by atoms with van der Waals surface area (Å²) in [6.45, 7) is 3.11. The van der Waals surface area contributed by atoms with E-state index in [1.807, 2.05) is 6.92 Å². The molecule has 308 valence electrons. The van der Waals surface area contributed by atoms with E-state index >= 15 is 0 Å². The van der Waals surface area contributed by atoms with E-state index in [9.17, 15) is 19.2 Å². The highest BCUT2D eigenvalue weighted by Gasteiger charge is 2.34. The zero-order valence-electron chi connectivity index (χ0n) is 33.7. The van der Waals surface area contributed by atoms with Gasteiger partial charge in [0, 0.05) is 42.3 Å². The number of aromatic amines is 2. The minimum Gasteiger partial charge on any atom is -0.453 e. The van der Waals surface area contributed by atoms with E-state index in [1.54, 1.807) is 16.0 Å². The highest BCUT2D eigenvalue weighted by Crippen LogP contribution is 2.39. The summed E-state index contributed by atoms with van der Waals surface area (Å²) in [6.07, 6.45) is 8.86. The first-order chi connectivity index (χ1) is 29.2. The van der Waals surface area contributed by atoms with Crippen LogP contribution in [0, 0.1) is 0 Å². The van der Waals surface area contributed by atoms with E-state index in [2.05, 4.69) is 94.9 Å². The predicted octanol–water partition coefficient (Wildman–Crippen LogP) is 6.03. The summed E-state index contributed by atoms with van der Waals surface area (Å²) < 4.78 is 9.40. The Hall–Kier alpha value is -7.10. The van der Waals surface area contributed by atoms with Crippen molar-refractivity contribution in [2.45, 2.75) is 57.7 Å². The van der Waals surface area contributed by atoms with E-state index < -0.39 is 18.2 Å². The van der Waals surface area contributed by atoms with E-state index in [-0.39, 0.29) is 30.9 Å². The molecule has 8 rings (SSSR count). The first kappa shape index (κ1) is 39.7. The molecule has 1 saturated heterocycles. The number of likely N-dealkylation sites (tertiary alicyclic amines) is 1. The summed E-state index contributed by atoms with van der Waals surface area (Å²) in [5.74, 6) is 0.873. The average Bonchev–Trinajstić information content (AvgIpc) is 4.07. The summed E-state index contributed by atoms with van der Waals surface area (Å²) in [7, 11) is 2.51. The number of aryl methyl sites for hydroxylation is 2. The van der Waals surface area contributed by atoms with Crippen molar-refractivity contribution in [3.05, 3.63) is 108 Å². The van der Waals surface area contributed by atoms with Crippen LogP contribution in [0.25, 0.3) is 44.4 Å². The molecule has 3 aromatic carbocycles. The number of rotatable bonds is 12. The second-order valence-corrected chi connectivity index (χ2v) is 14.9. The Balaban J connectivity index is 0.964. The van der Waals surface area contributed by atoms with Gasteiger partial charge in [0.15, 0.2) is 6.04 Å². The Bertz CT molecular complexity index is 2550. The van der Waals surface area contributed by atoms with Crippen LogP contribution in [-0.4, -0.2) is 97.6 Å². The van der Waals surface area contributed by atoms with Crippen molar-refractivity contribution in [2.24, 2.45) is 0 Å². The van der Waals surface area contributed by atoms with Gasteiger partial charge in [0.05, 0.1) is 56.3 Å². The van der Waals surface area contributed by atoms with Crippen molar-refractivity contribution in [3.63, 3.8) is 0 Å². The fourth-order valence-electron chi connectivity index (χ4n) is 8.11. The number of nitrogens with one attached hydrogen (secondary N) is 4. The third kappa shape index (κ3) is 8.26. The van der Waals surface area contributed by atoms with Crippen molar-refractivity contribution in [3.8, 4) is 33.6 Å². The molecule has 60 heavy (non-hydrogen) atoms. The van der Waals surface area contributed by atoms with Gasteiger partial charge in [0.1, 0.15) is 18.2 Å². The molecule has 1 fully saturated rings. The monoisotopic (exact) mass is 810 g/mol. The van der Waals surface area contributed by atoms with Crippen molar-refractivity contribution in [1.29, 1.82) is 0 Å². The number of fused-ring (bicyclic) bond motifs is 4. The molecule has 4 N–H and O–H groups in total. The SMILES string of the molecule is CCCN(Cc1ncc(-c2ccc3cc(-c4ccc5c(c4)CCc4[nH]c([C@@H]6CCCN6C(=O)CNC(=O)OC)nc4-5)ccc3c2)[nH]1)C(=O)C(NC(=O)OC)c1cnccn1. The number of nitrogens with zero attached hydrogens (tertiary/aromatic N) is 6. The van der Waals surface area contributed by atoms with Crippen LogP contribution in [0.3, 0.4) is 0 Å². The summed E-state index contributed by atoms with van der Waals surface area (Å²) in [4.78, 5) is 78.8. The highest BCUT2D eigenvalue weighted by molar-refractivity contribution is 5.91. The smallest absolute Gasteiger partial charge is 0.407 e. The van der Waals surface area contributed by atoms with Crippen LogP contribution in [0.15, 0.2) is 79.4 Å². The number of hydrogen-bond acceptors (Lipinski definition) is 10. The fourth-order valence-corrected chi connectivity index (χ4v) is 8.11. The quantitative estimate of drug-likeness (QED) is 0.113. The molecule has 16 heteroatoms. The largest absolute Gasteiger partial charge is 0.453 e. The third-order valence-electron chi connectivity index (χ3n) is 11.1. The summed E-state index contributed by atoms with van der Waals surface area (Å²) in [6, 6.07) is 18.0. The lowest BCUT2D eigenvalue weighted by Crippen LogP contribution is -2.43. The van der Waals surface area contributed by atoms with E-state index in [4.69, 9.17) is 9.72 Å². The van der Waals surface area contributed by atoms with Crippen molar-refractivity contribution in [1.82, 2.24) is 50.3 Å². The second kappa shape index (κ2) is 17.4. The van der Waals surface area contributed by atoms with E-state index in [1.165, 1.54) is 38.4 Å². The maximum Gasteiger partial charge on any atom is 0.407 e. The van der Waals surface area contributed by atoms with Crippen LogP contribution in [-0.2, 0) is 38.4 Å². The Morgan fingerprint density at radius 2 is 1.67 bits per heavy atom. The lowest BCUT2D eigenvalue weighted by molar-refractivity contribution is -0.134. The number of alkyl carbamates (subject to hydrolysis) is 2. The number of aromatic nitrogens is 6. The van der Waals surface area contributed by atoms with Gasteiger partial charge in [-0.05, 0) is 71.7 Å². The minimum atomic E-state index is -1.07. The number of ether oxygens (including phenoxy) is 2. The molecule has 0 bridgehead atoms. The molecule has 4 heterocycles. The highest BCUT2D eigenvalue weighted by atomic mass is 16.5. The van der Waals surface area contributed by atoms with Gasteiger partial charge in [-0.25, -0.2) is 19.6 Å². The Kier molecular flexibility index (Phi) is 11.5. The molecular formula is C44H46N10O6. The fraction of sp³-hybridized carbons (Fsp3) is 0.318. The van der Waals surface area contributed by atoms with Gasteiger partial charge in [-0.3, -0.25) is 19.6 Å². The van der Waals surface area contributed by atoms with Gasteiger partial charge in [-0.2, -0.15) is 0 Å². The Morgan fingerprint density at radius 3 is 2.43 bits per heavy atom. The predicted molar refractivity (Wildman–Crippen MR) is 222 cm³/mol. The summed E-state index contributed by atoms with van der Waals surface area (Å²) >= 11 is 0. The van der Waals surface area contributed by atoms with Gasteiger partial charge < -0.3 is 39.9 Å². The third-order valence-corrected chi connectivity index (χ3v) is 11.1. The van der Waals surface area contributed by atoms with Gasteiger partial charge in [-0.15, -0.1) is 0 Å². The number of carbonyl (C=O) groups excluding carboxylic acids is 4. The molecule has 0 radical (unpaired) electrons. The van der Waals surface area contributed by atoms with Crippen molar-refractivity contribution >= 4 is 34.8 Å². The van der Waals surface area contributed by atoms with Gasteiger partial charge in [0.2, 0.25) is 5.91 Å². The molecular weight excluding hydrogens is 765 g/mol. The number of benzene rings is 3. The molecule has 16 nitrogen and oxygen atoms in total. The maximum absolute atomic E-state index is 13.8. The summed E-state index contributed by atoms with van der Waals surface area (Å²) in [5.41, 5.74) is 8.65. The number of H-pyrrole nitrogens is 2. The number of carbonyl (C=O) groups is 4. The first-order valence-electron chi connectivity index (χ1n) is 20.0. The molecule has 0 saturated carbocycles. The molecule has 2 atom stereocenters. The van der Waals surface area contributed by atoms with Crippen LogP contribution in [0.5, 0.6) is 0 Å². The van der Waals surface area contributed by atoms with E-state index in [0.29, 0.717) is 31.0 Å². The topological polar surface area (TPSA) is 200 Å². The summed E-state index contributed by atoms with van der Waals surface area (Å²) in [5, 5.41) is 7.26. The van der Waals surface area contributed by atoms with Gasteiger partial charge in [-0.1, -0.05) is 49.4 Å². The zero-order valence-corrected chi connectivity index (χ0v) is 33.7. The lowest BCUT2D eigenvalue weighted by Gasteiger charge is -2.26. The van der Waals surface area contributed by atoms with Crippen LogP contribution >= 0.6 is 0 Å². The molecule has 1 unspecified atom stereocenters. The maximum atomic E-state index is 13.8. The number of imidazole rings is 2. The normalized spacial score (nSPS) is 14.8. The average molecular weight is 811 g/mol. The molecule has 1 aliphatic heterocycles. The Labute approximate surface area is 346 Å². The van der Waals surface area contributed by atoms with Crippen molar-refractivity contribution in [2.75, 3.05) is 33.9 Å². The number of hydrogen-bond donors (Lipinski definition) is 4. The van der Waals surface area contributed by atoms with Gasteiger partial charge in [0.25, 0.3) is 5.91 Å². The van der Waals surface area contributed by atoms with Gasteiger partial charge >= 0.3 is 12.2 Å². The molecule has 0 spiro atoms. The van der Waals surface area contributed by atoms with Crippen LogP contribution in [0.1, 0.15) is 66.9 Å². The number of methoxy groups -OCH3 is 2. The Morgan fingerprint density at radius 1 is 0.900 bits per heavy atom. The molecule has 1 aliphatic carbocycles. The first-order valence-corrected chi connectivity index (χ1v) is 20.0. The van der Waals surface area contributed by atoms with Crippen LogP contribution in [0.2, 0.25) is 0 Å². The zero-order chi connectivity index (χ0) is 41.8. The van der Waals surface area contributed by atoms with E-state index in [0.717, 1.165) is 81.6 Å². The number of amides is 4. The second-order valence-electron chi connectivity index (χ2n) is 14.9. The van der Waals surface area contributed by atoms with Crippen LogP contribution < -0.4 is 10.6 Å². The van der Waals surface area contributed by atoms with Crippen LogP contribution in [0.4, 0.5) is 9.59 Å². The van der Waals surface area contributed by atoms with Crippen molar-refractivity contribution < 1.29 is 28.7 Å². The molecule has 6 aromatic rings. The molecule has 2 aliphatic rings.